The van der Waals surface area contributed by atoms with Gasteiger partial charge in [-0.1, -0.05) is 36.4 Å². The monoisotopic (exact) mass is 408 g/mol. The fraction of sp³-hybridized carbons (Fsp3) is 0.125. The maximum Gasteiger partial charge on any atom is 0.267 e. The lowest BCUT2D eigenvalue weighted by atomic mass is 10.1. The van der Waals surface area contributed by atoms with Gasteiger partial charge in [0.25, 0.3) is 5.56 Å². The predicted octanol–water partition coefficient (Wildman–Crippen LogP) is 3.33. The van der Waals surface area contributed by atoms with E-state index in [0.29, 0.717) is 28.5 Å². The van der Waals surface area contributed by atoms with Crippen molar-refractivity contribution in [1.29, 1.82) is 0 Å². The summed E-state index contributed by atoms with van der Waals surface area (Å²) in [5.41, 5.74) is 9.37. The summed E-state index contributed by atoms with van der Waals surface area (Å²) in [6, 6.07) is 18.1. The average Bonchev–Trinajstić information content (AvgIpc) is 2.79. The van der Waals surface area contributed by atoms with Crippen LogP contribution in [-0.2, 0) is 0 Å². The van der Waals surface area contributed by atoms with Gasteiger partial charge >= 0.3 is 0 Å². The Kier molecular flexibility index (Phi) is 5.54. The van der Waals surface area contributed by atoms with Crippen LogP contribution in [0.3, 0.4) is 0 Å². The van der Waals surface area contributed by atoms with Gasteiger partial charge in [0.15, 0.2) is 11.5 Å². The van der Waals surface area contributed by atoms with Gasteiger partial charge in [0.2, 0.25) is 0 Å². The Morgan fingerprint density at radius 1 is 0.903 bits per heavy atom. The number of nitrogens with zero attached hydrogens (tertiary/aromatic N) is 5. The molecule has 7 nitrogen and oxygen atoms in total. The summed E-state index contributed by atoms with van der Waals surface area (Å²) in [5, 5.41) is 4.52. The molecule has 0 radical (unpaired) electrons. The molecule has 0 bridgehead atoms. The summed E-state index contributed by atoms with van der Waals surface area (Å²) >= 11 is 0. The van der Waals surface area contributed by atoms with E-state index in [-0.39, 0.29) is 17.4 Å². The number of hydrogen-bond acceptors (Lipinski definition) is 6. The zero-order valence-electron chi connectivity index (χ0n) is 17.1. The fourth-order valence-corrected chi connectivity index (χ4v) is 3.00. The molecule has 0 saturated heterocycles. The molecule has 0 fully saturated rings. The van der Waals surface area contributed by atoms with Gasteiger partial charge in [0.1, 0.15) is 22.8 Å². The molecule has 1 aromatic carbocycles. The predicted molar refractivity (Wildman–Crippen MR) is 120 cm³/mol. The van der Waals surface area contributed by atoms with Crippen molar-refractivity contribution in [2.45, 2.75) is 19.9 Å². The van der Waals surface area contributed by atoms with Crippen LogP contribution in [0.1, 0.15) is 31.3 Å². The summed E-state index contributed by atoms with van der Waals surface area (Å²) in [4.78, 5) is 25.7. The van der Waals surface area contributed by atoms with Gasteiger partial charge in [0.05, 0.1) is 6.04 Å². The second kappa shape index (κ2) is 8.59. The lowest BCUT2D eigenvalue weighted by Gasteiger charge is -2.13. The third-order valence-electron chi connectivity index (χ3n) is 4.50. The van der Waals surface area contributed by atoms with Gasteiger partial charge in [-0.05, 0) is 43.9 Å². The van der Waals surface area contributed by atoms with Crippen molar-refractivity contribution in [3.8, 4) is 34.5 Å². The third-order valence-corrected chi connectivity index (χ3v) is 4.50. The van der Waals surface area contributed by atoms with E-state index < -0.39 is 0 Å². The number of benzene rings is 1. The first-order valence-electron chi connectivity index (χ1n) is 9.79. The van der Waals surface area contributed by atoms with Gasteiger partial charge in [0, 0.05) is 17.8 Å². The highest BCUT2D eigenvalue weighted by Gasteiger charge is 2.17. The van der Waals surface area contributed by atoms with E-state index in [1.807, 2.05) is 56.3 Å². The molecule has 31 heavy (non-hydrogen) atoms. The summed E-state index contributed by atoms with van der Waals surface area (Å²) in [7, 11) is 0. The number of rotatable bonds is 3. The Labute approximate surface area is 179 Å². The van der Waals surface area contributed by atoms with E-state index in [0.717, 1.165) is 5.56 Å². The van der Waals surface area contributed by atoms with Gasteiger partial charge in [-0.15, -0.1) is 0 Å². The van der Waals surface area contributed by atoms with Crippen LogP contribution in [0.5, 0.6) is 0 Å². The molecule has 0 unspecified atom stereocenters. The first-order valence-corrected chi connectivity index (χ1v) is 9.79. The topological polar surface area (TPSA) is 99.6 Å². The van der Waals surface area contributed by atoms with Crippen LogP contribution >= 0.6 is 0 Å². The molecule has 0 aliphatic heterocycles. The summed E-state index contributed by atoms with van der Waals surface area (Å²) in [5.74, 6) is 6.13. The van der Waals surface area contributed by atoms with E-state index in [4.69, 9.17) is 10.7 Å². The van der Waals surface area contributed by atoms with Crippen molar-refractivity contribution in [3.63, 3.8) is 0 Å². The van der Waals surface area contributed by atoms with Crippen LogP contribution in [0.15, 0.2) is 71.7 Å². The van der Waals surface area contributed by atoms with Crippen molar-refractivity contribution < 1.29 is 0 Å². The smallest absolute Gasteiger partial charge is 0.267 e. The van der Waals surface area contributed by atoms with Crippen LogP contribution in [-0.4, -0.2) is 24.7 Å². The molecule has 7 heteroatoms. The molecule has 152 valence electrons. The minimum absolute atomic E-state index is 0.0993. The average molecular weight is 408 g/mol. The molecule has 4 rings (SSSR count). The second-order valence-electron chi connectivity index (χ2n) is 7.08. The van der Waals surface area contributed by atoms with E-state index in [1.165, 1.54) is 10.7 Å². The second-order valence-corrected chi connectivity index (χ2v) is 7.08. The van der Waals surface area contributed by atoms with Gasteiger partial charge < -0.3 is 5.73 Å². The Morgan fingerprint density at radius 3 is 2.39 bits per heavy atom. The Hall–Kier alpha value is -4.31. The number of hydrogen-bond donors (Lipinski definition) is 1. The van der Waals surface area contributed by atoms with Gasteiger partial charge in [-0.3, -0.25) is 4.79 Å². The lowest BCUT2D eigenvalue weighted by molar-refractivity contribution is 0.504. The highest BCUT2D eigenvalue weighted by Crippen LogP contribution is 2.29. The third kappa shape index (κ3) is 4.33. The van der Waals surface area contributed by atoms with Crippen molar-refractivity contribution in [1.82, 2.24) is 24.7 Å². The number of aromatic nitrogens is 5. The molecule has 0 atom stereocenters. The first kappa shape index (κ1) is 20.0. The highest BCUT2D eigenvalue weighted by molar-refractivity contribution is 5.78. The van der Waals surface area contributed by atoms with Crippen LogP contribution < -0.4 is 11.3 Å². The molecule has 0 spiro atoms. The van der Waals surface area contributed by atoms with E-state index in [1.54, 1.807) is 18.3 Å². The summed E-state index contributed by atoms with van der Waals surface area (Å²) in [6.45, 7) is 3.80. The van der Waals surface area contributed by atoms with Crippen molar-refractivity contribution in [2.75, 3.05) is 5.73 Å². The van der Waals surface area contributed by atoms with Crippen molar-refractivity contribution >= 4 is 5.82 Å². The molecule has 3 heterocycles. The number of nitrogens with two attached hydrogens (primary N) is 1. The summed E-state index contributed by atoms with van der Waals surface area (Å²) < 4.78 is 1.42. The molecular weight excluding hydrogens is 388 g/mol. The molecule has 0 amide bonds. The van der Waals surface area contributed by atoms with Crippen molar-refractivity contribution in [3.05, 3.63) is 88.6 Å². The minimum Gasteiger partial charge on any atom is -0.381 e. The normalized spacial score (nSPS) is 10.5. The molecule has 0 aliphatic carbocycles. The Balaban J connectivity index is 1.92. The molecular formula is C24H20N6O. The lowest BCUT2D eigenvalue weighted by Crippen LogP contribution is -2.24. The summed E-state index contributed by atoms with van der Waals surface area (Å²) in [6.07, 6.45) is 1.67. The largest absolute Gasteiger partial charge is 0.381 e. The van der Waals surface area contributed by atoms with E-state index in [9.17, 15) is 4.79 Å². The maximum absolute atomic E-state index is 12.2. The number of pyridine rings is 1. The van der Waals surface area contributed by atoms with Gasteiger partial charge in [-0.2, -0.15) is 5.10 Å². The molecule has 3 aromatic heterocycles. The number of nitrogen functional groups attached to an aromatic ring is 1. The van der Waals surface area contributed by atoms with Crippen LogP contribution in [0.4, 0.5) is 5.82 Å². The van der Waals surface area contributed by atoms with Gasteiger partial charge in [-0.25, -0.2) is 19.6 Å². The zero-order valence-corrected chi connectivity index (χ0v) is 17.1. The molecule has 0 saturated carbocycles. The minimum atomic E-state index is -0.182. The van der Waals surface area contributed by atoms with Crippen LogP contribution in [0, 0.1) is 11.8 Å². The molecule has 0 aliphatic rings. The van der Waals surface area contributed by atoms with E-state index >= 15 is 0 Å². The van der Waals surface area contributed by atoms with Crippen LogP contribution in [0.2, 0.25) is 0 Å². The Bertz CT molecular complexity index is 1340. The fourth-order valence-electron chi connectivity index (χ4n) is 3.00. The first-order chi connectivity index (χ1) is 15.0. The quantitative estimate of drug-likeness (QED) is 0.522. The number of anilines is 1. The van der Waals surface area contributed by atoms with Crippen molar-refractivity contribution in [2.24, 2.45) is 0 Å². The molecule has 2 N–H and O–H groups in total. The molecule has 4 aromatic rings. The standard InChI is InChI=1S/C24H20N6O/c1-16(2)30-21(31)14-13-19(29-30)23-22(17-8-4-3-5-9-17)28-24(25)20(27-23)12-11-18-10-6-7-15-26-18/h3-10,13-16H,1-2H3,(H2,25,28). The maximum atomic E-state index is 12.2. The Morgan fingerprint density at radius 2 is 1.68 bits per heavy atom. The van der Waals surface area contributed by atoms with E-state index in [2.05, 4.69) is 26.9 Å². The zero-order chi connectivity index (χ0) is 21.8. The van der Waals surface area contributed by atoms with Crippen LogP contribution in [0.25, 0.3) is 22.6 Å². The highest BCUT2D eigenvalue weighted by atomic mass is 16.1. The SMILES string of the molecule is CC(C)n1nc(-c2nc(C#Cc3ccccn3)c(N)nc2-c2ccccc2)ccc1=O.